The fourth-order valence-corrected chi connectivity index (χ4v) is 8.75. The Morgan fingerprint density at radius 3 is 1.25 bits per heavy atom. The second-order valence-electron chi connectivity index (χ2n) is 4.15. The molecule has 0 heterocycles. The van der Waals surface area contributed by atoms with Crippen molar-refractivity contribution >= 4 is 17.4 Å². The third-order valence-corrected chi connectivity index (χ3v) is 10.6. The third-order valence-electron chi connectivity index (χ3n) is 2.76. The van der Waals surface area contributed by atoms with Gasteiger partial charge in [0, 0.05) is 37.9 Å². The molecule has 0 saturated carbocycles. The lowest BCUT2D eigenvalue weighted by molar-refractivity contribution is 0.0796. The predicted octanol–water partition coefficient (Wildman–Crippen LogP) is 2.81. The Morgan fingerprint density at radius 1 is 0.700 bits per heavy atom. The molecule has 5 nitrogen and oxygen atoms in total. The lowest BCUT2D eigenvalue weighted by atomic mass is 10.9. The van der Waals surface area contributed by atoms with Gasteiger partial charge in [-0.15, -0.1) is 0 Å². The lowest BCUT2D eigenvalue weighted by Crippen LogP contribution is -2.58. The summed E-state index contributed by atoms with van der Waals surface area (Å²) in [5.74, 6) is 0. The van der Waals surface area contributed by atoms with Crippen LogP contribution in [0.15, 0.2) is 11.4 Å². The first-order chi connectivity index (χ1) is 9.46. The zero-order chi connectivity index (χ0) is 15.6. The average Bonchev–Trinajstić information content (AvgIpc) is 2.39. The van der Waals surface area contributed by atoms with Gasteiger partial charge in [-0.1, -0.05) is 6.58 Å². The number of rotatable bonds is 12. The van der Waals surface area contributed by atoms with Gasteiger partial charge in [-0.25, -0.2) is 0 Å². The molecule has 7 heteroatoms. The molecule has 0 unspecified atom stereocenters. The topological polar surface area (TPSA) is 46.2 Å². The Labute approximate surface area is 125 Å². The van der Waals surface area contributed by atoms with Crippen molar-refractivity contribution in [2.24, 2.45) is 0 Å². The first-order valence-corrected chi connectivity index (χ1v) is 11.4. The maximum atomic E-state index is 5.89. The smallest absolute Gasteiger partial charge is 0.392 e. The standard InChI is InChI=1S/C13H30O5Si2/c1-8-14-19(7,15-9-2)13(6)20(16-10-3,17-11-4)18-12-5/h6,8-12H2,1-5,7H3. The Morgan fingerprint density at radius 2 is 1.00 bits per heavy atom. The average molecular weight is 323 g/mol. The maximum absolute atomic E-state index is 5.89. The molecule has 20 heavy (non-hydrogen) atoms. The Kier molecular flexibility index (Phi) is 9.82. The maximum Gasteiger partial charge on any atom is 0.533 e. The second-order valence-corrected chi connectivity index (χ2v) is 10.3. The van der Waals surface area contributed by atoms with Crippen molar-refractivity contribution in [3.05, 3.63) is 11.4 Å². The molecule has 0 aromatic heterocycles. The van der Waals surface area contributed by atoms with Gasteiger partial charge in [0.25, 0.3) is 0 Å². The van der Waals surface area contributed by atoms with Crippen LogP contribution in [-0.2, 0) is 22.1 Å². The summed E-state index contributed by atoms with van der Waals surface area (Å²) in [5.41, 5.74) is 0. The summed E-state index contributed by atoms with van der Waals surface area (Å²) in [6.45, 7) is 18.5. The van der Waals surface area contributed by atoms with Crippen LogP contribution in [0.25, 0.3) is 0 Å². The molecule has 0 amide bonds. The van der Waals surface area contributed by atoms with Gasteiger partial charge in [0.2, 0.25) is 0 Å². The van der Waals surface area contributed by atoms with Crippen LogP contribution in [0.2, 0.25) is 6.55 Å². The third kappa shape index (κ3) is 5.07. The van der Waals surface area contributed by atoms with Crippen molar-refractivity contribution in [2.45, 2.75) is 41.2 Å². The van der Waals surface area contributed by atoms with Crippen molar-refractivity contribution in [3.8, 4) is 0 Å². The lowest BCUT2D eigenvalue weighted by Gasteiger charge is -2.37. The SMILES string of the molecule is C=C([Si](C)(OCC)OCC)[Si](OCC)(OCC)OCC. The Balaban J connectivity index is 5.43. The van der Waals surface area contributed by atoms with Gasteiger partial charge in [-0.05, 0) is 41.2 Å². The predicted molar refractivity (Wildman–Crippen MR) is 84.6 cm³/mol. The summed E-state index contributed by atoms with van der Waals surface area (Å²) in [6, 6.07) is 0. The van der Waals surface area contributed by atoms with E-state index in [2.05, 4.69) is 6.58 Å². The van der Waals surface area contributed by atoms with E-state index < -0.39 is 17.4 Å². The van der Waals surface area contributed by atoms with Crippen molar-refractivity contribution in [1.29, 1.82) is 0 Å². The highest BCUT2D eigenvalue weighted by Gasteiger charge is 2.55. The van der Waals surface area contributed by atoms with Gasteiger partial charge in [0.05, 0.1) is 0 Å². The van der Waals surface area contributed by atoms with Crippen LogP contribution in [0.4, 0.5) is 0 Å². The summed E-state index contributed by atoms with van der Waals surface area (Å²) in [6.07, 6.45) is 0. The summed E-state index contributed by atoms with van der Waals surface area (Å²) in [5, 5.41) is 0. The minimum atomic E-state index is -2.99. The van der Waals surface area contributed by atoms with Crippen molar-refractivity contribution in [3.63, 3.8) is 0 Å². The number of hydrogen-bond donors (Lipinski definition) is 0. The fourth-order valence-electron chi connectivity index (χ4n) is 2.00. The molecule has 0 bridgehead atoms. The van der Waals surface area contributed by atoms with Gasteiger partial charge in [-0.3, -0.25) is 0 Å². The monoisotopic (exact) mass is 322 g/mol. The van der Waals surface area contributed by atoms with E-state index in [1.165, 1.54) is 0 Å². The largest absolute Gasteiger partial charge is 0.533 e. The van der Waals surface area contributed by atoms with Crippen LogP contribution < -0.4 is 0 Å². The van der Waals surface area contributed by atoms with Gasteiger partial charge in [0.15, 0.2) is 0 Å². The molecule has 0 saturated heterocycles. The van der Waals surface area contributed by atoms with Gasteiger partial charge >= 0.3 is 17.4 Å². The zero-order valence-electron chi connectivity index (χ0n) is 13.8. The molecule has 0 aromatic carbocycles. The van der Waals surface area contributed by atoms with Crippen LogP contribution >= 0.6 is 0 Å². The molecule has 0 aliphatic heterocycles. The molecule has 0 spiro atoms. The van der Waals surface area contributed by atoms with Gasteiger partial charge in [0.1, 0.15) is 0 Å². The molecule has 0 aromatic rings. The normalized spacial score (nSPS) is 12.7. The van der Waals surface area contributed by atoms with Crippen LogP contribution in [0.5, 0.6) is 0 Å². The Hall–Kier alpha value is -0.0262. The fraction of sp³-hybridized carbons (Fsp3) is 0.846. The van der Waals surface area contributed by atoms with E-state index in [4.69, 9.17) is 22.1 Å². The second kappa shape index (κ2) is 9.83. The van der Waals surface area contributed by atoms with E-state index in [9.17, 15) is 0 Å². The summed E-state index contributed by atoms with van der Waals surface area (Å²) >= 11 is 0. The molecule has 120 valence electrons. The Bertz CT molecular complexity index is 263. The molecule has 0 fully saturated rings. The van der Waals surface area contributed by atoms with Crippen LogP contribution in [0.3, 0.4) is 0 Å². The minimum absolute atomic E-state index is 0.508. The molecule has 0 aliphatic rings. The zero-order valence-corrected chi connectivity index (χ0v) is 15.8. The molecule has 0 N–H and O–H groups in total. The van der Waals surface area contributed by atoms with Crippen LogP contribution in [0, 0.1) is 0 Å². The van der Waals surface area contributed by atoms with Gasteiger partial charge < -0.3 is 22.1 Å². The summed E-state index contributed by atoms with van der Waals surface area (Å²) in [4.78, 5) is 0.749. The summed E-state index contributed by atoms with van der Waals surface area (Å²) < 4.78 is 29.4. The summed E-state index contributed by atoms with van der Waals surface area (Å²) in [7, 11) is -5.60. The van der Waals surface area contributed by atoms with E-state index in [-0.39, 0.29) is 0 Å². The van der Waals surface area contributed by atoms with Crippen molar-refractivity contribution < 1.29 is 22.1 Å². The van der Waals surface area contributed by atoms with E-state index in [1.807, 2.05) is 41.2 Å². The molecular weight excluding hydrogens is 292 g/mol. The van der Waals surface area contributed by atoms with E-state index >= 15 is 0 Å². The van der Waals surface area contributed by atoms with E-state index in [0.717, 1.165) is 4.82 Å². The first-order valence-electron chi connectivity index (χ1n) is 7.35. The molecule has 0 radical (unpaired) electrons. The first kappa shape index (κ1) is 20.0. The molecular formula is C13H30O5Si2. The molecule has 0 atom stereocenters. The van der Waals surface area contributed by atoms with Crippen molar-refractivity contribution in [1.82, 2.24) is 0 Å². The highest BCUT2D eigenvalue weighted by Crippen LogP contribution is 2.29. The van der Waals surface area contributed by atoms with E-state index in [1.54, 1.807) is 0 Å². The molecule has 0 rings (SSSR count). The van der Waals surface area contributed by atoms with Crippen LogP contribution in [0.1, 0.15) is 34.6 Å². The quantitative estimate of drug-likeness (QED) is 0.517. The minimum Gasteiger partial charge on any atom is -0.392 e. The number of hydrogen-bond acceptors (Lipinski definition) is 5. The molecule has 0 aliphatic carbocycles. The van der Waals surface area contributed by atoms with Crippen LogP contribution in [-0.4, -0.2) is 50.4 Å². The van der Waals surface area contributed by atoms with Crippen molar-refractivity contribution in [2.75, 3.05) is 33.0 Å². The highest BCUT2D eigenvalue weighted by molar-refractivity contribution is 6.94. The highest BCUT2D eigenvalue weighted by atomic mass is 28.4. The van der Waals surface area contributed by atoms with E-state index in [0.29, 0.717) is 33.0 Å². The van der Waals surface area contributed by atoms with Gasteiger partial charge in [-0.2, -0.15) is 0 Å².